The summed E-state index contributed by atoms with van der Waals surface area (Å²) in [6, 6.07) is 7.62. The van der Waals surface area contributed by atoms with Crippen LogP contribution in [0.15, 0.2) is 30.5 Å². The van der Waals surface area contributed by atoms with Gasteiger partial charge in [-0.05, 0) is 60.8 Å². The first-order valence-corrected chi connectivity index (χ1v) is 7.32. The number of nitrogens with zero attached hydrogens (tertiary/aromatic N) is 1. The van der Waals surface area contributed by atoms with E-state index in [1.165, 1.54) is 18.2 Å². The van der Waals surface area contributed by atoms with Crippen LogP contribution < -0.4 is 10.6 Å². The highest BCUT2D eigenvalue weighted by Crippen LogP contribution is 2.22. The average Bonchev–Trinajstić information content (AvgIpc) is 2.54. The van der Waals surface area contributed by atoms with Crippen LogP contribution >= 0.6 is 0 Å². The van der Waals surface area contributed by atoms with E-state index in [0.29, 0.717) is 5.56 Å². The van der Waals surface area contributed by atoms with Crippen LogP contribution in [0.3, 0.4) is 0 Å². The zero-order valence-electron chi connectivity index (χ0n) is 12.8. The fraction of sp³-hybridized carbons (Fsp3) is 0.294. The highest BCUT2D eigenvalue weighted by molar-refractivity contribution is 5.91. The van der Waals surface area contributed by atoms with Crippen LogP contribution in [-0.4, -0.2) is 24.6 Å². The molecule has 1 aromatic heterocycles. The van der Waals surface area contributed by atoms with Crippen molar-refractivity contribution >= 4 is 17.5 Å². The maximum Gasteiger partial charge on any atom is 0.338 e. The van der Waals surface area contributed by atoms with Gasteiger partial charge in [-0.2, -0.15) is 0 Å². The Balaban J connectivity index is 1.81. The molecule has 0 saturated carbocycles. The number of benzene rings is 1. The maximum atomic E-state index is 11.6. The molecule has 2 aromatic rings. The Labute approximate surface area is 129 Å². The largest absolute Gasteiger partial charge is 0.465 e. The quantitative estimate of drug-likeness (QED) is 0.853. The molecule has 1 aliphatic rings. The van der Waals surface area contributed by atoms with Crippen LogP contribution in [0.2, 0.25) is 0 Å². The molecule has 0 aliphatic carbocycles. The highest BCUT2D eigenvalue weighted by atomic mass is 16.5. The van der Waals surface area contributed by atoms with E-state index in [2.05, 4.69) is 21.7 Å². The number of pyridine rings is 1. The van der Waals surface area contributed by atoms with E-state index in [-0.39, 0.29) is 5.97 Å². The van der Waals surface area contributed by atoms with E-state index in [1.54, 1.807) is 6.07 Å². The van der Waals surface area contributed by atoms with Crippen LogP contribution in [0, 0.1) is 6.92 Å². The van der Waals surface area contributed by atoms with Crippen LogP contribution in [0.1, 0.15) is 27.0 Å². The van der Waals surface area contributed by atoms with E-state index < -0.39 is 0 Å². The predicted molar refractivity (Wildman–Crippen MR) is 85.4 cm³/mol. The summed E-state index contributed by atoms with van der Waals surface area (Å²) in [6.45, 7) is 3.78. The Morgan fingerprint density at radius 1 is 1.32 bits per heavy atom. The van der Waals surface area contributed by atoms with E-state index in [4.69, 9.17) is 4.74 Å². The third-order valence-corrected chi connectivity index (χ3v) is 3.87. The summed E-state index contributed by atoms with van der Waals surface area (Å²) in [5, 5.41) is 6.65. The number of esters is 1. The van der Waals surface area contributed by atoms with E-state index in [1.807, 2.05) is 25.3 Å². The fourth-order valence-electron chi connectivity index (χ4n) is 2.66. The molecule has 0 amide bonds. The second kappa shape index (κ2) is 6.15. The smallest absolute Gasteiger partial charge is 0.338 e. The molecule has 0 atom stereocenters. The third kappa shape index (κ3) is 2.94. The molecule has 22 heavy (non-hydrogen) atoms. The van der Waals surface area contributed by atoms with Crippen LogP contribution in [0.25, 0.3) is 0 Å². The summed E-state index contributed by atoms with van der Waals surface area (Å²) >= 11 is 0. The molecule has 1 aliphatic heterocycles. The molecular formula is C17H19N3O2. The number of carbonyl (C=O) groups is 1. The van der Waals surface area contributed by atoms with Gasteiger partial charge in [-0.15, -0.1) is 0 Å². The van der Waals surface area contributed by atoms with Crippen LogP contribution in [0.5, 0.6) is 0 Å². The van der Waals surface area contributed by atoms with Gasteiger partial charge in [-0.3, -0.25) is 0 Å². The van der Waals surface area contributed by atoms with Gasteiger partial charge in [-0.1, -0.05) is 0 Å². The molecule has 3 rings (SSSR count). The number of nitrogens with one attached hydrogen (secondary N) is 2. The molecule has 0 fully saturated rings. The number of hydrogen-bond acceptors (Lipinski definition) is 5. The topological polar surface area (TPSA) is 63.2 Å². The summed E-state index contributed by atoms with van der Waals surface area (Å²) in [4.78, 5) is 16.1. The molecule has 2 N–H and O–H groups in total. The number of rotatable bonds is 3. The monoisotopic (exact) mass is 297 g/mol. The van der Waals surface area contributed by atoms with Crippen molar-refractivity contribution in [2.75, 3.05) is 19.0 Å². The van der Waals surface area contributed by atoms with E-state index >= 15 is 0 Å². The van der Waals surface area contributed by atoms with Gasteiger partial charge in [0.1, 0.15) is 5.82 Å². The zero-order valence-corrected chi connectivity index (χ0v) is 12.8. The van der Waals surface area contributed by atoms with Crippen molar-refractivity contribution in [1.29, 1.82) is 0 Å². The Morgan fingerprint density at radius 3 is 2.95 bits per heavy atom. The van der Waals surface area contributed by atoms with Gasteiger partial charge in [-0.25, -0.2) is 9.78 Å². The Kier molecular flexibility index (Phi) is 4.06. The SMILES string of the molecule is COC(=O)c1ccc(Nc2cc3c(cn2)CCNC3)cc1C. The van der Waals surface area contributed by atoms with Gasteiger partial charge >= 0.3 is 5.97 Å². The Morgan fingerprint density at radius 2 is 2.18 bits per heavy atom. The average molecular weight is 297 g/mol. The minimum absolute atomic E-state index is 0.318. The highest BCUT2D eigenvalue weighted by Gasteiger charge is 2.11. The maximum absolute atomic E-state index is 11.6. The lowest BCUT2D eigenvalue weighted by Crippen LogP contribution is -2.23. The third-order valence-electron chi connectivity index (χ3n) is 3.87. The van der Waals surface area contributed by atoms with Crippen molar-refractivity contribution in [1.82, 2.24) is 10.3 Å². The van der Waals surface area contributed by atoms with E-state index in [0.717, 1.165) is 36.6 Å². The minimum Gasteiger partial charge on any atom is -0.465 e. The summed E-state index contributed by atoms with van der Waals surface area (Å²) in [7, 11) is 1.39. The molecule has 0 bridgehead atoms. The molecule has 0 spiro atoms. The van der Waals surface area contributed by atoms with Crippen molar-refractivity contribution < 1.29 is 9.53 Å². The molecule has 114 valence electrons. The summed E-state index contributed by atoms with van der Waals surface area (Å²) < 4.78 is 4.76. The molecular weight excluding hydrogens is 278 g/mol. The number of aromatic nitrogens is 1. The lowest BCUT2D eigenvalue weighted by atomic mass is 10.0. The second-order valence-corrected chi connectivity index (χ2v) is 5.41. The molecule has 0 saturated heterocycles. The molecule has 2 heterocycles. The molecule has 5 heteroatoms. The number of methoxy groups -OCH3 is 1. The lowest BCUT2D eigenvalue weighted by Gasteiger charge is -2.17. The van der Waals surface area contributed by atoms with Gasteiger partial charge in [0.15, 0.2) is 0 Å². The zero-order chi connectivity index (χ0) is 15.5. The van der Waals surface area contributed by atoms with Gasteiger partial charge in [0.05, 0.1) is 12.7 Å². The first kappa shape index (κ1) is 14.5. The molecule has 0 unspecified atom stereocenters. The van der Waals surface area contributed by atoms with Crippen LogP contribution in [-0.2, 0) is 17.7 Å². The second-order valence-electron chi connectivity index (χ2n) is 5.41. The minimum atomic E-state index is -0.318. The number of anilines is 2. The summed E-state index contributed by atoms with van der Waals surface area (Å²) in [5.41, 5.74) is 4.95. The van der Waals surface area contributed by atoms with Crippen molar-refractivity contribution in [2.24, 2.45) is 0 Å². The first-order valence-electron chi connectivity index (χ1n) is 7.32. The first-order chi connectivity index (χ1) is 10.7. The molecule has 1 aromatic carbocycles. The van der Waals surface area contributed by atoms with Crippen molar-refractivity contribution in [3.05, 3.63) is 52.7 Å². The molecule has 5 nitrogen and oxygen atoms in total. The predicted octanol–water partition coefficient (Wildman–Crippen LogP) is 2.57. The van der Waals surface area contributed by atoms with Gasteiger partial charge in [0, 0.05) is 18.4 Å². The van der Waals surface area contributed by atoms with Gasteiger partial charge in [0.2, 0.25) is 0 Å². The number of hydrogen-bond donors (Lipinski definition) is 2. The fourth-order valence-corrected chi connectivity index (χ4v) is 2.66. The normalized spacial score (nSPS) is 13.4. The van der Waals surface area contributed by atoms with Crippen molar-refractivity contribution in [3.8, 4) is 0 Å². The Bertz CT molecular complexity index is 713. The summed E-state index contributed by atoms with van der Waals surface area (Å²) in [6.07, 6.45) is 2.96. The van der Waals surface area contributed by atoms with Crippen molar-refractivity contribution in [2.45, 2.75) is 19.9 Å². The lowest BCUT2D eigenvalue weighted by molar-refractivity contribution is 0.0600. The van der Waals surface area contributed by atoms with Crippen LogP contribution in [0.4, 0.5) is 11.5 Å². The number of fused-ring (bicyclic) bond motifs is 1. The number of ether oxygens (including phenoxy) is 1. The summed E-state index contributed by atoms with van der Waals surface area (Å²) in [5.74, 6) is 0.495. The number of aryl methyl sites for hydroxylation is 1. The van der Waals surface area contributed by atoms with E-state index in [9.17, 15) is 4.79 Å². The number of carbonyl (C=O) groups excluding carboxylic acids is 1. The molecule has 0 radical (unpaired) electrons. The van der Waals surface area contributed by atoms with Gasteiger partial charge < -0.3 is 15.4 Å². The van der Waals surface area contributed by atoms with Crippen molar-refractivity contribution in [3.63, 3.8) is 0 Å². The standard InChI is InChI=1S/C17H19N3O2/c1-11-7-14(3-4-15(11)17(21)22-2)20-16-8-13-9-18-6-5-12(13)10-19-16/h3-4,7-8,10,18H,5-6,9H2,1-2H3,(H,19,20). The Hall–Kier alpha value is -2.40. The van der Waals surface area contributed by atoms with Gasteiger partial charge in [0.25, 0.3) is 0 Å².